The number of benzene rings is 1. The molecule has 1 amide bonds. The fraction of sp³-hybridized carbons (Fsp3) is 0.308. The maximum Gasteiger partial charge on any atom is 0.391 e. The molecule has 0 saturated heterocycles. The topological polar surface area (TPSA) is 29.1 Å². The summed E-state index contributed by atoms with van der Waals surface area (Å²) in [5.74, 6) is 3.79. The second-order valence-corrected chi connectivity index (χ2v) is 4.69. The Morgan fingerprint density at radius 2 is 1.95 bits per heavy atom. The smallest absolute Gasteiger partial charge is 0.338 e. The highest BCUT2D eigenvalue weighted by Crippen LogP contribution is 2.30. The van der Waals surface area contributed by atoms with Gasteiger partial charge in [0.25, 0.3) is 5.91 Å². The molecule has 0 aliphatic rings. The van der Waals surface area contributed by atoms with Gasteiger partial charge in [-0.2, -0.15) is 13.2 Å². The second kappa shape index (κ2) is 6.62. The summed E-state index contributed by atoms with van der Waals surface area (Å²) >= 11 is 3.20. The molecule has 0 spiro atoms. The Morgan fingerprint density at radius 3 is 2.42 bits per heavy atom. The van der Waals surface area contributed by atoms with Gasteiger partial charge in [-0.15, -0.1) is 0 Å². The van der Waals surface area contributed by atoms with Crippen molar-refractivity contribution in [3.63, 3.8) is 0 Å². The van der Waals surface area contributed by atoms with Gasteiger partial charge in [0.05, 0.1) is 12.5 Å². The third-order valence-electron chi connectivity index (χ3n) is 2.25. The highest BCUT2D eigenvalue weighted by Gasteiger charge is 2.33. The molecule has 1 aromatic carbocycles. The molecule has 0 bridgehead atoms. The van der Waals surface area contributed by atoms with Crippen LogP contribution >= 0.6 is 15.9 Å². The number of hydrogen-bond donors (Lipinski definition) is 1. The average Bonchev–Trinajstić information content (AvgIpc) is 2.27. The zero-order valence-electron chi connectivity index (χ0n) is 10.0. The van der Waals surface area contributed by atoms with E-state index >= 15 is 0 Å². The van der Waals surface area contributed by atoms with Crippen molar-refractivity contribution in [1.29, 1.82) is 0 Å². The van der Waals surface area contributed by atoms with E-state index in [9.17, 15) is 18.0 Å². The first kappa shape index (κ1) is 15.6. The number of carbonyl (C=O) groups is 1. The lowest BCUT2D eigenvalue weighted by Crippen LogP contribution is -2.31. The first-order valence-electron chi connectivity index (χ1n) is 5.37. The molecule has 0 heterocycles. The van der Waals surface area contributed by atoms with Crippen molar-refractivity contribution < 1.29 is 18.0 Å². The molecule has 1 atom stereocenters. The largest absolute Gasteiger partial charge is 0.391 e. The fourth-order valence-electron chi connectivity index (χ4n) is 1.49. The maximum atomic E-state index is 12.5. The zero-order chi connectivity index (χ0) is 14.5. The number of nitrogens with one attached hydrogen (secondary N) is 1. The van der Waals surface area contributed by atoms with Gasteiger partial charge in [0.15, 0.2) is 0 Å². The van der Waals surface area contributed by atoms with Crippen molar-refractivity contribution in [2.45, 2.75) is 25.6 Å². The van der Waals surface area contributed by atoms with Gasteiger partial charge >= 0.3 is 6.18 Å². The number of carbonyl (C=O) groups excluding carboxylic acids is 1. The zero-order valence-corrected chi connectivity index (χ0v) is 11.6. The van der Waals surface area contributed by atoms with E-state index in [-0.39, 0.29) is 0 Å². The van der Waals surface area contributed by atoms with E-state index in [1.54, 1.807) is 12.1 Å². The quantitative estimate of drug-likeness (QED) is 0.841. The van der Waals surface area contributed by atoms with Crippen molar-refractivity contribution in [1.82, 2.24) is 5.32 Å². The van der Waals surface area contributed by atoms with Crippen LogP contribution in [0.3, 0.4) is 0 Å². The van der Waals surface area contributed by atoms with E-state index in [0.717, 1.165) is 4.47 Å². The molecule has 0 aromatic heterocycles. The van der Waals surface area contributed by atoms with E-state index < -0.39 is 24.5 Å². The van der Waals surface area contributed by atoms with Crippen molar-refractivity contribution in [2.24, 2.45) is 0 Å². The van der Waals surface area contributed by atoms with Crippen LogP contribution < -0.4 is 5.32 Å². The summed E-state index contributed by atoms with van der Waals surface area (Å²) in [5.41, 5.74) is 0.381. The van der Waals surface area contributed by atoms with E-state index in [0.29, 0.717) is 5.56 Å². The summed E-state index contributed by atoms with van der Waals surface area (Å²) in [5, 5.41) is 2.26. The number of halogens is 4. The summed E-state index contributed by atoms with van der Waals surface area (Å²) in [7, 11) is 0. The van der Waals surface area contributed by atoms with Crippen LogP contribution in [-0.4, -0.2) is 12.1 Å². The normalized spacial score (nSPS) is 12.3. The Bertz CT molecular complexity index is 499. The van der Waals surface area contributed by atoms with Gasteiger partial charge in [0.1, 0.15) is 0 Å². The van der Waals surface area contributed by atoms with Gasteiger partial charge in [0.2, 0.25) is 0 Å². The van der Waals surface area contributed by atoms with Gasteiger partial charge in [-0.1, -0.05) is 34.0 Å². The van der Waals surface area contributed by atoms with Gasteiger partial charge in [0, 0.05) is 4.47 Å². The van der Waals surface area contributed by atoms with Crippen molar-refractivity contribution in [2.75, 3.05) is 0 Å². The van der Waals surface area contributed by atoms with Gasteiger partial charge < -0.3 is 5.32 Å². The van der Waals surface area contributed by atoms with Gasteiger partial charge in [-0.3, -0.25) is 4.79 Å². The molecule has 0 unspecified atom stereocenters. The number of hydrogen-bond acceptors (Lipinski definition) is 1. The lowest BCUT2D eigenvalue weighted by molar-refractivity contribution is -0.142. The number of alkyl halides is 3. The highest BCUT2D eigenvalue weighted by molar-refractivity contribution is 9.10. The average molecular weight is 334 g/mol. The minimum absolute atomic E-state index is 0.381. The number of amides is 1. The standard InChI is InChI=1S/C13H11BrF3NO/c1-2-3-12(19)18-11(8-13(15,16)17)9-4-6-10(14)7-5-9/h4-7,11H,8H2,1H3,(H,18,19)/t11-/m1/s1. The monoisotopic (exact) mass is 333 g/mol. The van der Waals surface area contributed by atoms with Gasteiger partial charge in [-0.25, -0.2) is 0 Å². The molecule has 6 heteroatoms. The Kier molecular flexibility index (Phi) is 5.43. The van der Waals surface area contributed by atoms with Gasteiger partial charge in [-0.05, 0) is 30.5 Å². The molecule has 19 heavy (non-hydrogen) atoms. The van der Waals surface area contributed by atoms with Crippen LogP contribution in [0.25, 0.3) is 0 Å². The molecule has 0 saturated carbocycles. The lowest BCUT2D eigenvalue weighted by Gasteiger charge is -2.19. The molecule has 0 fully saturated rings. The minimum atomic E-state index is -4.37. The van der Waals surface area contributed by atoms with E-state index in [1.165, 1.54) is 19.1 Å². The van der Waals surface area contributed by atoms with Crippen LogP contribution in [0.15, 0.2) is 28.7 Å². The Labute approximate surface area is 117 Å². The van der Waals surface area contributed by atoms with Crippen LogP contribution in [0.1, 0.15) is 24.9 Å². The molecular formula is C13H11BrF3NO. The SMILES string of the molecule is CC#CC(=O)N[C@H](CC(F)(F)F)c1ccc(Br)cc1. The fourth-order valence-corrected chi connectivity index (χ4v) is 1.75. The lowest BCUT2D eigenvalue weighted by atomic mass is 10.0. The second-order valence-electron chi connectivity index (χ2n) is 3.77. The molecule has 1 rings (SSSR count). The first-order valence-corrected chi connectivity index (χ1v) is 6.16. The molecule has 0 aliphatic carbocycles. The summed E-state index contributed by atoms with van der Waals surface area (Å²) in [4.78, 5) is 11.3. The van der Waals surface area contributed by atoms with E-state index in [1.807, 2.05) is 0 Å². The van der Waals surface area contributed by atoms with Crippen LogP contribution in [0, 0.1) is 11.8 Å². The minimum Gasteiger partial charge on any atom is -0.338 e. The van der Waals surface area contributed by atoms with Crippen LogP contribution in [0.2, 0.25) is 0 Å². The maximum absolute atomic E-state index is 12.5. The summed E-state index contributed by atoms with van der Waals surface area (Å²) in [6.45, 7) is 1.44. The molecular weight excluding hydrogens is 323 g/mol. The van der Waals surface area contributed by atoms with E-state index in [2.05, 4.69) is 33.1 Å². The molecule has 1 N–H and O–H groups in total. The molecule has 2 nitrogen and oxygen atoms in total. The summed E-state index contributed by atoms with van der Waals surface area (Å²) in [6, 6.07) is 5.16. The molecule has 1 aromatic rings. The Balaban J connectivity index is 2.93. The summed E-state index contributed by atoms with van der Waals surface area (Å²) < 4.78 is 38.3. The molecule has 0 aliphatic heterocycles. The highest BCUT2D eigenvalue weighted by atomic mass is 79.9. The van der Waals surface area contributed by atoms with Crippen molar-refractivity contribution in [3.8, 4) is 11.8 Å². The molecule has 102 valence electrons. The predicted molar refractivity (Wildman–Crippen MR) is 69.1 cm³/mol. The Morgan fingerprint density at radius 1 is 1.37 bits per heavy atom. The van der Waals surface area contributed by atoms with Crippen LogP contribution in [0.4, 0.5) is 13.2 Å². The predicted octanol–water partition coefficient (Wildman–Crippen LogP) is 3.58. The van der Waals surface area contributed by atoms with Crippen LogP contribution in [0.5, 0.6) is 0 Å². The number of rotatable bonds is 3. The third kappa shape index (κ3) is 5.79. The Hall–Kier alpha value is -1.48. The first-order chi connectivity index (χ1) is 8.81. The molecule has 0 radical (unpaired) electrons. The van der Waals surface area contributed by atoms with E-state index in [4.69, 9.17) is 0 Å². The van der Waals surface area contributed by atoms with Crippen molar-refractivity contribution in [3.05, 3.63) is 34.3 Å². The summed E-state index contributed by atoms with van der Waals surface area (Å²) in [6.07, 6.45) is -5.50. The van der Waals surface area contributed by atoms with Crippen molar-refractivity contribution >= 4 is 21.8 Å². The third-order valence-corrected chi connectivity index (χ3v) is 2.78. The van der Waals surface area contributed by atoms with Crippen LogP contribution in [-0.2, 0) is 4.79 Å².